The van der Waals surface area contributed by atoms with Gasteiger partial charge in [0.15, 0.2) is 0 Å². The molecule has 1 rings (SSSR count). The molecule has 0 saturated heterocycles. The Kier molecular flexibility index (Phi) is 5.18. The van der Waals surface area contributed by atoms with Gasteiger partial charge in [0.05, 0.1) is 18.6 Å². The first-order chi connectivity index (χ1) is 8.78. The van der Waals surface area contributed by atoms with Crippen LogP contribution in [0.1, 0.15) is 20.3 Å². The van der Waals surface area contributed by atoms with Gasteiger partial charge in [0.2, 0.25) is 5.91 Å². The Hall–Kier alpha value is -1.75. The number of anilines is 1. The average molecular weight is 266 g/mol. The number of nitrogen functional groups attached to an aromatic ring is 1. The molecule has 1 amide bonds. The predicted octanol–water partition coefficient (Wildman–Crippen LogP) is 1.27. The maximum Gasteiger partial charge on any atom is 0.225 e. The summed E-state index contributed by atoms with van der Waals surface area (Å²) in [5, 5.41) is 9.63. The van der Waals surface area contributed by atoms with Crippen LogP contribution in [0.25, 0.3) is 0 Å². The zero-order chi connectivity index (χ0) is 14.5. The lowest BCUT2D eigenvalue weighted by molar-refractivity contribution is -0.133. The van der Waals surface area contributed by atoms with Crippen molar-refractivity contribution in [1.82, 2.24) is 4.90 Å². The van der Waals surface area contributed by atoms with Gasteiger partial charge in [0.1, 0.15) is 5.75 Å². The number of carbonyl (C=O) groups is 1. The molecule has 0 fully saturated rings. The van der Waals surface area contributed by atoms with Crippen LogP contribution < -0.4 is 10.5 Å². The van der Waals surface area contributed by atoms with E-state index in [2.05, 4.69) is 0 Å². The Morgan fingerprint density at radius 3 is 2.74 bits per heavy atom. The second kappa shape index (κ2) is 6.43. The summed E-state index contributed by atoms with van der Waals surface area (Å²) in [5.74, 6) is 0.587. The fourth-order valence-electron chi connectivity index (χ4n) is 1.72. The van der Waals surface area contributed by atoms with Gasteiger partial charge in [-0.25, -0.2) is 0 Å². The second-order valence-corrected chi connectivity index (χ2v) is 5.23. The number of ether oxygens (including phenoxy) is 1. The van der Waals surface area contributed by atoms with E-state index >= 15 is 0 Å². The number of hydrogen-bond donors (Lipinski definition) is 2. The zero-order valence-electron chi connectivity index (χ0n) is 11.7. The van der Waals surface area contributed by atoms with Gasteiger partial charge in [-0.3, -0.25) is 4.79 Å². The van der Waals surface area contributed by atoms with Crippen molar-refractivity contribution in [3.8, 4) is 5.75 Å². The fourth-order valence-corrected chi connectivity index (χ4v) is 1.72. The van der Waals surface area contributed by atoms with Crippen molar-refractivity contribution in [1.29, 1.82) is 0 Å². The molecule has 0 aromatic heterocycles. The van der Waals surface area contributed by atoms with E-state index in [9.17, 15) is 9.90 Å². The quantitative estimate of drug-likeness (QED) is 0.760. The van der Waals surface area contributed by atoms with E-state index in [4.69, 9.17) is 10.5 Å². The zero-order valence-corrected chi connectivity index (χ0v) is 11.7. The van der Waals surface area contributed by atoms with Crippen LogP contribution >= 0.6 is 0 Å². The van der Waals surface area contributed by atoms with E-state index in [0.29, 0.717) is 24.6 Å². The largest absolute Gasteiger partial charge is 0.493 e. The van der Waals surface area contributed by atoms with E-state index in [0.717, 1.165) is 0 Å². The summed E-state index contributed by atoms with van der Waals surface area (Å²) in [6.07, 6.45) is 0.265. The monoisotopic (exact) mass is 266 g/mol. The second-order valence-electron chi connectivity index (χ2n) is 5.23. The van der Waals surface area contributed by atoms with Crippen molar-refractivity contribution in [2.75, 3.05) is 25.9 Å². The smallest absolute Gasteiger partial charge is 0.225 e. The molecule has 0 bridgehead atoms. The first kappa shape index (κ1) is 15.3. The van der Waals surface area contributed by atoms with E-state index < -0.39 is 5.60 Å². The number of rotatable bonds is 6. The molecule has 0 radical (unpaired) electrons. The van der Waals surface area contributed by atoms with E-state index in [1.54, 1.807) is 45.2 Å². The maximum absolute atomic E-state index is 11.8. The van der Waals surface area contributed by atoms with Gasteiger partial charge in [0.25, 0.3) is 0 Å². The first-order valence-corrected chi connectivity index (χ1v) is 6.22. The Bertz CT molecular complexity index is 427. The molecule has 0 unspecified atom stereocenters. The lowest BCUT2D eigenvalue weighted by Crippen LogP contribution is -2.40. The molecular formula is C14H22N2O3. The lowest BCUT2D eigenvalue weighted by atomic mass is 10.1. The molecule has 0 saturated carbocycles. The highest BCUT2D eigenvalue weighted by Gasteiger charge is 2.19. The third-order valence-electron chi connectivity index (χ3n) is 2.49. The van der Waals surface area contributed by atoms with Crippen LogP contribution in [0.4, 0.5) is 5.69 Å². The van der Waals surface area contributed by atoms with Gasteiger partial charge in [-0.05, 0) is 26.0 Å². The molecular weight excluding hydrogens is 244 g/mol. The van der Waals surface area contributed by atoms with Crippen LogP contribution in [0.2, 0.25) is 0 Å². The summed E-state index contributed by atoms with van der Waals surface area (Å²) >= 11 is 0. The highest BCUT2D eigenvalue weighted by molar-refractivity contribution is 5.76. The first-order valence-electron chi connectivity index (χ1n) is 6.22. The van der Waals surface area contributed by atoms with Crippen LogP contribution in [-0.2, 0) is 4.79 Å². The summed E-state index contributed by atoms with van der Waals surface area (Å²) in [6.45, 7) is 3.92. The van der Waals surface area contributed by atoms with Gasteiger partial charge in [-0.15, -0.1) is 0 Å². The number of aliphatic hydroxyl groups is 1. The highest BCUT2D eigenvalue weighted by atomic mass is 16.5. The summed E-state index contributed by atoms with van der Waals surface area (Å²) in [6, 6.07) is 7.08. The molecule has 3 N–H and O–H groups in total. The number of amides is 1. The van der Waals surface area contributed by atoms with Gasteiger partial charge in [0, 0.05) is 25.3 Å². The third kappa shape index (κ3) is 6.10. The summed E-state index contributed by atoms with van der Waals surface area (Å²) in [7, 11) is 1.67. The highest BCUT2D eigenvalue weighted by Crippen LogP contribution is 2.14. The number of benzene rings is 1. The Morgan fingerprint density at radius 1 is 1.47 bits per heavy atom. The van der Waals surface area contributed by atoms with Crippen molar-refractivity contribution in [2.24, 2.45) is 0 Å². The molecule has 1 aromatic rings. The molecule has 0 atom stereocenters. The SMILES string of the molecule is CN(CC(C)(C)O)C(=O)CCOc1cccc(N)c1. The minimum absolute atomic E-state index is 0.0639. The molecule has 0 aliphatic heterocycles. The number of nitrogens with zero attached hydrogens (tertiary/aromatic N) is 1. The average Bonchev–Trinajstić information content (AvgIpc) is 2.26. The Balaban J connectivity index is 2.35. The van der Waals surface area contributed by atoms with Gasteiger partial charge < -0.3 is 20.5 Å². The number of carbonyl (C=O) groups excluding carboxylic acids is 1. The topological polar surface area (TPSA) is 75.8 Å². The lowest BCUT2D eigenvalue weighted by Gasteiger charge is -2.25. The van der Waals surface area contributed by atoms with Crippen LogP contribution in [0.15, 0.2) is 24.3 Å². The van der Waals surface area contributed by atoms with Crippen LogP contribution in [0.5, 0.6) is 5.75 Å². The summed E-state index contributed by atoms with van der Waals surface area (Å²) in [4.78, 5) is 13.3. The van der Waals surface area contributed by atoms with Gasteiger partial charge in [-0.2, -0.15) is 0 Å². The van der Waals surface area contributed by atoms with E-state index in [1.807, 2.05) is 0 Å². The molecule has 0 heterocycles. The van der Waals surface area contributed by atoms with Crippen molar-refractivity contribution in [3.05, 3.63) is 24.3 Å². The molecule has 1 aromatic carbocycles. The van der Waals surface area contributed by atoms with Gasteiger partial charge >= 0.3 is 0 Å². The minimum atomic E-state index is -0.890. The summed E-state index contributed by atoms with van der Waals surface area (Å²) < 4.78 is 5.45. The van der Waals surface area contributed by atoms with Crippen molar-refractivity contribution in [3.63, 3.8) is 0 Å². The molecule has 5 nitrogen and oxygen atoms in total. The van der Waals surface area contributed by atoms with Crippen LogP contribution in [0.3, 0.4) is 0 Å². The van der Waals surface area contributed by atoms with E-state index in [1.165, 1.54) is 4.90 Å². The van der Waals surface area contributed by atoms with Crippen molar-refractivity contribution in [2.45, 2.75) is 25.9 Å². The number of likely N-dealkylation sites (N-methyl/N-ethyl adjacent to an activating group) is 1. The fraction of sp³-hybridized carbons (Fsp3) is 0.500. The van der Waals surface area contributed by atoms with Crippen LogP contribution in [0, 0.1) is 0 Å². The normalized spacial score (nSPS) is 11.2. The maximum atomic E-state index is 11.8. The number of hydrogen-bond acceptors (Lipinski definition) is 4. The molecule has 19 heavy (non-hydrogen) atoms. The predicted molar refractivity (Wildman–Crippen MR) is 74.9 cm³/mol. The molecule has 5 heteroatoms. The van der Waals surface area contributed by atoms with E-state index in [-0.39, 0.29) is 12.3 Å². The Labute approximate surface area is 114 Å². The summed E-state index contributed by atoms with van der Waals surface area (Å²) in [5.41, 5.74) is 5.36. The molecule has 0 aliphatic rings. The third-order valence-corrected chi connectivity index (χ3v) is 2.49. The van der Waals surface area contributed by atoms with Crippen molar-refractivity contribution >= 4 is 11.6 Å². The minimum Gasteiger partial charge on any atom is -0.493 e. The van der Waals surface area contributed by atoms with Crippen molar-refractivity contribution < 1.29 is 14.6 Å². The molecule has 106 valence electrons. The Morgan fingerprint density at radius 2 is 2.16 bits per heavy atom. The standard InChI is InChI=1S/C14H22N2O3/c1-14(2,18)10-16(3)13(17)7-8-19-12-6-4-5-11(15)9-12/h4-6,9,18H,7-8,10,15H2,1-3H3. The van der Waals surface area contributed by atoms with Gasteiger partial charge in [-0.1, -0.05) is 6.07 Å². The molecule has 0 aliphatic carbocycles. The number of nitrogens with two attached hydrogens (primary N) is 1. The van der Waals surface area contributed by atoms with Crippen LogP contribution in [-0.4, -0.2) is 41.7 Å². The molecule has 0 spiro atoms.